The van der Waals surface area contributed by atoms with E-state index in [9.17, 15) is 19.8 Å². The quantitative estimate of drug-likeness (QED) is 0.546. The molecule has 1 aromatic carbocycles. The number of aryl methyl sites for hydroxylation is 1. The predicted octanol–water partition coefficient (Wildman–Crippen LogP) is 5.18. The summed E-state index contributed by atoms with van der Waals surface area (Å²) in [7, 11) is 0. The van der Waals surface area contributed by atoms with Crippen molar-refractivity contribution in [2.75, 3.05) is 0 Å². The first-order chi connectivity index (χ1) is 11.4. The largest absolute Gasteiger partial charge is 0.478 e. The van der Waals surface area contributed by atoms with Crippen LogP contribution in [0.3, 0.4) is 0 Å². The van der Waals surface area contributed by atoms with Crippen LogP contribution in [0, 0.1) is 5.92 Å². The Morgan fingerprint density at radius 2 is 1.71 bits per heavy atom. The van der Waals surface area contributed by atoms with Crippen LogP contribution < -0.4 is 0 Å². The summed E-state index contributed by atoms with van der Waals surface area (Å²) in [5.41, 5.74) is 1.60. The highest BCUT2D eigenvalue weighted by Crippen LogP contribution is 2.26. The van der Waals surface area contributed by atoms with Gasteiger partial charge in [0.15, 0.2) is 0 Å². The van der Waals surface area contributed by atoms with E-state index < -0.39 is 11.9 Å². The van der Waals surface area contributed by atoms with E-state index in [4.69, 9.17) is 0 Å². The molecular formula is C20H30O4. The van der Waals surface area contributed by atoms with Crippen LogP contribution in [-0.2, 0) is 12.8 Å². The average molecular weight is 334 g/mol. The number of rotatable bonds is 11. The summed E-state index contributed by atoms with van der Waals surface area (Å²) < 4.78 is 0. The molecule has 4 nitrogen and oxygen atoms in total. The highest BCUT2D eigenvalue weighted by atomic mass is 16.4. The molecule has 0 saturated carbocycles. The van der Waals surface area contributed by atoms with Crippen molar-refractivity contribution >= 4 is 11.9 Å². The van der Waals surface area contributed by atoms with Gasteiger partial charge >= 0.3 is 11.9 Å². The summed E-state index contributed by atoms with van der Waals surface area (Å²) in [6.07, 6.45) is 7.42. The molecule has 0 spiro atoms. The lowest BCUT2D eigenvalue weighted by molar-refractivity contribution is 0.0694. The Morgan fingerprint density at radius 3 is 2.25 bits per heavy atom. The van der Waals surface area contributed by atoms with E-state index in [0.29, 0.717) is 18.4 Å². The topological polar surface area (TPSA) is 74.6 Å². The second kappa shape index (κ2) is 10.1. The van der Waals surface area contributed by atoms with Crippen LogP contribution in [0.1, 0.15) is 91.1 Å². The Kier molecular flexibility index (Phi) is 8.51. The molecule has 24 heavy (non-hydrogen) atoms. The van der Waals surface area contributed by atoms with Crippen molar-refractivity contribution in [3.63, 3.8) is 0 Å². The highest BCUT2D eigenvalue weighted by Gasteiger charge is 2.23. The van der Waals surface area contributed by atoms with Crippen LogP contribution in [0.15, 0.2) is 12.1 Å². The second-order valence-electron chi connectivity index (χ2n) is 6.64. The molecule has 0 bridgehead atoms. The molecule has 0 fully saturated rings. The molecule has 4 heteroatoms. The molecule has 1 unspecified atom stereocenters. The molecule has 0 aliphatic heterocycles. The second-order valence-corrected chi connectivity index (χ2v) is 6.64. The summed E-state index contributed by atoms with van der Waals surface area (Å²) in [4.78, 5) is 23.4. The lowest BCUT2D eigenvalue weighted by Crippen LogP contribution is -2.16. The highest BCUT2D eigenvalue weighted by molar-refractivity contribution is 5.97. The van der Waals surface area contributed by atoms with Gasteiger partial charge in [0.25, 0.3) is 0 Å². The van der Waals surface area contributed by atoms with E-state index >= 15 is 0 Å². The van der Waals surface area contributed by atoms with Crippen molar-refractivity contribution in [2.45, 2.75) is 72.1 Å². The fraction of sp³-hybridized carbons (Fsp3) is 0.600. The SMILES string of the molecule is CCCCCCc1ccc(C(=O)O)c(CC(C)CCC)c1C(=O)O. The van der Waals surface area contributed by atoms with Gasteiger partial charge < -0.3 is 10.2 Å². The Balaban J connectivity index is 3.21. The monoisotopic (exact) mass is 334 g/mol. The maximum Gasteiger partial charge on any atom is 0.336 e. The summed E-state index contributed by atoms with van der Waals surface area (Å²) in [6, 6.07) is 3.27. The minimum atomic E-state index is -1.05. The fourth-order valence-corrected chi connectivity index (χ4v) is 3.27. The Morgan fingerprint density at radius 1 is 1.00 bits per heavy atom. The number of hydrogen-bond acceptors (Lipinski definition) is 2. The zero-order valence-corrected chi connectivity index (χ0v) is 15.1. The van der Waals surface area contributed by atoms with Gasteiger partial charge in [0.05, 0.1) is 11.1 Å². The number of benzene rings is 1. The van der Waals surface area contributed by atoms with E-state index in [1.54, 1.807) is 12.1 Å². The first kappa shape index (κ1) is 20.2. The molecule has 0 radical (unpaired) electrons. The van der Waals surface area contributed by atoms with E-state index in [2.05, 4.69) is 20.8 Å². The van der Waals surface area contributed by atoms with Gasteiger partial charge in [-0.2, -0.15) is 0 Å². The zero-order valence-electron chi connectivity index (χ0n) is 15.1. The van der Waals surface area contributed by atoms with Crippen molar-refractivity contribution in [1.29, 1.82) is 0 Å². The smallest absolute Gasteiger partial charge is 0.336 e. The van der Waals surface area contributed by atoms with Gasteiger partial charge in [-0.1, -0.05) is 58.9 Å². The van der Waals surface area contributed by atoms with E-state index in [0.717, 1.165) is 44.1 Å². The van der Waals surface area contributed by atoms with Crippen LogP contribution in [0.5, 0.6) is 0 Å². The third-order valence-electron chi connectivity index (χ3n) is 4.48. The Bertz CT molecular complexity index is 563. The number of carboxylic acids is 2. The Labute approximate surface area is 144 Å². The summed E-state index contributed by atoms with van der Waals surface area (Å²) in [5, 5.41) is 19.2. The third kappa shape index (κ3) is 5.66. The lowest BCUT2D eigenvalue weighted by atomic mass is 9.86. The van der Waals surface area contributed by atoms with E-state index in [1.807, 2.05) is 0 Å². The van der Waals surface area contributed by atoms with Crippen LogP contribution in [0.2, 0.25) is 0 Å². The van der Waals surface area contributed by atoms with Gasteiger partial charge in [-0.3, -0.25) is 0 Å². The van der Waals surface area contributed by atoms with Gasteiger partial charge in [0.1, 0.15) is 0 Å². The summed E-state index contributed by atoms with van der Waals surface area (Å²) in [5.74, 6) is -1.79. The van der Waals surface area contributed by atoms with Gasteiger partial charge in [-0.25, -0.2) is 9.59 Å². The molecule has 0 amide bonds. The first-order valence-corrected chi connectivity index (χ1v) is 9.03. The first-order valence-electron chi connectivity index (χ1n) is 9.03. The number of hydrogen-bond donors (Lipinski definition) is 2. The van der Waals surface area contributed by atoms with Crippen molar-refractivity contribution < 1.29 is 19.8 Å². The van der Waals surface area contributed by atoms with Crippen molar-refractivity contribution in [3.8, 4) is 0 Å². The van der Waals surface area contributed by atoms with Crippen LogP contribution >= 0.6 is 0 Å². The fourth-order valence-electron chi connectivity index (χ4n) is 3.27. The summed E-state index contributed by atoms with van der Waals surface area (Å²) in [6.45, 7) is 6.27. The number of unbranched alkanes of at least 4 members (excludes halogenated alkanes) is 3. The molecule has 0 aromatic heterocycles. The zero-order chi connectivity index (χ0) is 18.1. The maximum absolute atomic E-state index is 11.9. The molecule has 0 aliphatic rings. The van der Waals surface area contributed by atoms with Crippen molar-refractivity contribution in [1.82, 2.24) is 0 Å². The number of carboxylic acid groups (broad SMARTS) is 2. The Hall–Kier alpha value is -1.84. The van der Waals surface area contributed by atoms with Crippen LogP contribution in [-0.4, -0.2) is 22.2 Å². The minimum Gasteiger partial charge on any atom is -0.478 e. The summed E-state index contributed by atoms with van der Waals surface area (Å²) >= 11 is 0. The van der Waals surface area contributed by atoms with Gasteiger partial charge in [-0.05, 0) is 42.4 Å². The van der Waals surface area contributed by atoms with Crippen LogP contribution in [0.25, 0.3) is 0 Å². The van der Waals surface area contributed by atoms with Gasteiger partial charge in [0.2, 0.25) is 0 Å². The van der Waals surface area contributed by atoms with Crippen molar-refractivity contribution in [2.24, 2.45) is 5.92 Å². The number of aromatic carboxylic acids is 2. The van der Waals surface area contributed by atoms with Gasteiger partial charge in [0, 0.05) is 0 Å². The van der Waals surface area contributed by atoms with Crippen molar-refractivity contribution in [3.05, 3.63) is 34.4 Å². The van der Waals surface area contributed by atoms with E-state index in [-0.39, 0.29) is 17.0 Å². The molecule has 0 saturated heterocycles. The molecule has 1 rings (SSSR count). The van der Waals surface area contributed by atoms with Crippen LogP contribution in [0.4, 0.5) is 0 Å². The number of carbonyl (C=O) groups is 2. The third-order valence-corrected chi connectivity index (χ3v) is 4.48. The van der Waals surface area contributed by atoms with E-state index in [1.165, 1.54) is 0 Å². The molecule has 0 aliphatic carbocycles. The van der Waals surface area contributed by atoms with Gasteiger partial charge in [-0.15, -0.1) is 0 Å². The molecule has 0 heterocycles. The molecule has 134 valence electrons. The minimum absolute atomic E-state index is 0.132. The normalized spacial score (nSPS) is 12.1. The maximum atomic E-state index is 11.9. The lowest BCUT2D eigenvalue weighted by Gasteiger charge is -2.18. The molecule has 1 aromatic rings. The predicted molar refractivity (Wildman–Crippen MR) is 96.0 cm³/mol. The average Bonchev–Trinajstić information content (AvgIpc) is 2.51. The molecule has 1 atom stereocenters. The molecular weight excluding hydrogens is 304 g/mol. The standard InChI is InChI=1S/C20H30O4/c1-4-6-7-8-10-15-11-12-16(19(21)22)17(18(15)20(23)24)13-14(3)9-5-2/h11-12,14H,4-10,13H2,1-3H3,(H,21,22)(H,23,24). The molecule has 2 N–H and O–H groups in total.